The summed E-state index contributed by atoms with van der Waals surface area (Å²) < 4.78 is 15.9. The molecule has 0 fully saturated rings. The number of hydrogen-bond acceptors (Lipinski definition) is 2. The number of fused-ring (bicyclic) bond motifs is 1. The first kappa shape index (κ1) is 16.0. The number of aryl methyl sites for hydroxylation is 3. The molecule has 1 atom stereocenters. The molecule has 6 heteroatoms. The summed E-state index contributed by atoms with van der Waals surface area (Å²) in [5, 5.41) is 7.54. The van der Waals surface area contributed by atoms with Gasteiger partial charge in [0.1, 0.15) is 5.82 Å². The molecule has 1 unspecified atom stereocenters. The van der Waals surface area contributed by atoms with Gasteiger partial charge in [-0.25, -0.2) is 4.39 Å². The molecule has 1 heterocycles. The maximum atomic E-state index is 14.1. The summed E-state index contributed by atoms with van der Waals surface area (Å²) in [5.74, 6) is -1.07. The lowest BCUT2D eigenvalue weighted by atomic mass is 9.90. The van der Waals surface area contributed by atoms with Crippen molar-refractivity contribution in [1.29, 1.82) is 0 Å². The van der Waals surface area contributed by atoms with Crippen LogP contribution in [0.1, 0.15) is 51.8 Å². The fourth-order valence-corrected chi connectivity index (χ4v) is 3.57. The van der Waals surface area contributed by atoms with Crippen LogP contribution in [-0.2, 0) is 13.5 Å². The van der Waals surface area contributed by atoms with E-state index in [1.165, 1.54) is 6.07 Å². The van der Waals surface area contributed by atoms with Crippen LogP contribution in [0.15, 0.2) is 12.1 Å². The van der Waals surface area contributed by atoms with Crippen molar-refractivity contribution in [3.8, 4) is 0 Å². The van der Waals surface area contributed by atoms with E-state index in [1.807, 2.05) is 18.7 Å². The summed E-state index contributed by atoms with van der Waals surface area (Å²) in [4.78, 5) is 12.6. The van der Waals surface area contributed by atoms with Crippen molar-refractivity contribution in [3.05, 3.63) is 51.1 Å². The molecule has 1 aromatic heterocycles. The van der Waals surface area contributed by atoms with Crippen LogP contribution in [0.2, 0.25) is 5.02 Å². The average molecular weight is 336 g/mol. The Bertz CT molecular complexity index is 785. The van der Waals surface area contributed by atoms with E-state index in [0.29, 0.717) is 5.56 Å². The van der Waals surface area contributed by atoms with Crippen molar-refractivity contribution in [3.63, 3.8) is 0 Å². The fraction of sp³-hybridized carbons (Fsp3) is 0.412. The lowest BCUT2D eigenvalue weighted by Gasteiger charge is -2.25. The summed E-state index contributed by atoms with van der Waals surface area (Å²) in [6.07, 6.45) is 2.72. The van der Waals surface area contributed by atoms with Gasteiger partial charge in [-0.05, 0) is 44.7 Å². The van der Waals surface area contributed by atoms with E-state index >= 15 is 0 Å². The van der Waals surface area contributed by atoms with Gasteiger partial charge in [0, 0.05) is 18.3 Å². The minimum atomic E-state index is -0.600. The number of rotatable bonds is 2. The molecule has 0 saturated carbocycles. The van der Waals surface area contributed by atoms with E-state index in [-0.39, 0.29) is 16.6 Å². The highest BCUT2D eigenvalue weighted by atomic mass is 35.5. The molecule has 3 rings (SSSR count). The second-order valence-corrected chi connectivity index (χ2v) is 6.42. The summed E-state index contributed by atoms with van der Waals surface area (Å²) in [5.41, 5.74) is 3.69. The summed E-state index contributed by atoms with van der Waals surface area (Å²) in [6.45, 7) is 3.69. The zero-order valence-electron chi connectivity index (χ0n) is 13.4. The third-order valence-electron chi connectivity index (χ3n) is 4.46. The number of carbonyl (C=O) groups is 1. The van der Waals surface area contributed by atoms with E-state index < -0.39 is 11.7 Å². The van der Waals surface area contributed by atoms with Crippen LogP contribution in [0.25, 0.3) is 0 Å². The minimum absolute atomic E-state index is 0.0830. The van der Waals surface area contributed by atoms with E-state index in [0.717, 1.165) is 36.2 Å². The second kappa shape index (κ2) is 5.96. The van der Waals surface area contributed by atoms with Crippen molar-refractivity contribution < 1.29 is 9.18 Å². The Balaban J connectivity index is 1.93. The van der Waals surface area contributed by atoms with Gasteiger partial charge in [0.15, 0.2) is 0 Å². The molecule has 0 aliphatic heterocycles. The molecule has 122 valence electrons. The van der Waals surface area contributed by atoms with Crippen LogP contribution in [0.4, 0.5) is 4.39 Å². The van der Waals surface area contributed by atoms with Gasteiger partial charge >= 0.3 is 0 Å². The quantitative estimate of drug-likeness (QED) is 0.910. The number of nitrogens with zero attached hydrogens (tertiary/aromatic N) is 2. The molecule has 1 amide bonds. The van der Waals surface area contributed by atoms with Crippen LogP contribution in [0, 0.1) is 19.7 Å². The molecule has 1 aliphatic carbocycles. The first-order valence-electron chi connectivity index (χ1n) is 7.68. The van der Waals surface area contributed by atoms with Crippen molar-refractivity contribution >= 4 is 17.5 Å². The standard InChI is InChI=1S/C17H19ClFN3O/c1-9-7-8-11(19)15(16(9)18)17(23)20-12-5-4-6-13-14(12)10(2)21-22(13)3/h7-8,12H,4-6H2,1-3H3,(H,20,23). The monoisotopic (exact) mass is 335 g/mol. The van der Waals surface area contributed by atoms with E-state index in [1.54, 1.807) is 13.0 Å². The topological polar surface area (TPSA) is 46.9 Å². The fourth-order valence-electron chi connectivity index (χ4n) is 3.33. The SMILES string of the molecule is Cc1ccc(F)c(C(=O)NC2CCCc3c2c(C)nn3C)c1Cl. The number of amides is 1. The molecule has 0 bridgehead atoms. The summed E-state index contributed by atoms with van der Waals surface area (Å²) in [6, 6.07) is 2.69. The van der Waals surface area contributed by atoms with Crippen molar-refractivity contribution in [2.75, 3.05) is 0 Å². The predicted octanol–water partition coefficient (Wildman–Crippen LogP) is 3.64. The number of hydrogen-bond donors (Lipinski definition) is 1. The Hall–Kier alpha value is -1.88. The molecular formula is C17H19ClFN3O. The van der Waals surface area contributed by atoms with Gasteiger partial charge in [-0.3, -0.25) is 9.48 Å². The van der Waals surface area contributed by atoms with Crippen LogP contribution < -0.4 is 5.32 Å². The molecular weight excluding hydrogens is 317 g/mol. The van der Waals surface area contributed by atoms with E-state index in [4.69, 9.17) is 11.6 Å². The van der Waals surface area contributed by atoms with Gasteiger partial charge in [0.2, 0.25) is 0 Å². The molecule has 1 aromatic carbocycles. The van der Waals surface area contributed by atoms with Crippen molar-refractivity contribution in [1.82, 2.24) is 15.1 Å². The van der Waals surface area contributed by atoms with Gasteiger partial charge in [0.05, 0.1) is 22.3 Å². The molecule has 1 aliphatic rings. The van der Waals surface area contributed by atoms with Gasteiger partial charge in [-0.1, -0.05) is 17.7 Å². The third kappa shape index (κ3) is 2.74. The summed E-state index contributed by atoms with van der Waals surface area (Å²) in [7, 11) is 1.91. The normalized spacial score (nSPS) is 17.0. The number of carbonyl (C=O) groups excluding carboxylic acids is 1. The van der Waals surface area contributed by atoms with Gasteiger partial charge in [-0.15, -0.1) is 0 Å². The van der Waals surface area contributed by atoms with Crippen LogP contribution in [0.5, 0.6) is 0 Å². The van der Waals surface area contributed by atoms with Crippen molar-refractivity contribution in [2.24, 2.45) is 7.05 Å². The molecule has 4 nitrogen and oxygen atoms in total. The maximum Gasteiger partial charge on any atom is 0.256 e. The van der Waals surface area contributed by atoms with Crippen molar-refractivity contribution in [2.45, 2.75) is 39.2 Å². The highest BCUT2D eigenvalue weighted by molar-refractivity contribution is 6.34. The Morgan fingerprint density at radius 1 is 1.43 bits per heavy atom. The van der Waals surface area contributed by atoms with E-state index in [2.05, 4.69) is 10.4 Å². The number of aromatic nitrogens is 2. The Morgan fingerprint density at radius 3 is 2.91 bits per heavy atom. The zero-order chi connectivity index (χ0) is 16.7. The third-order valence-corrected chi connectivity index (χ3v) is 4.95. The van der Waals surface area contributed by atoms with E-state index in [9.17, 15) is 9.18 Å². The Morgan fingerprint density at radius 2 is 2.17 bits per heavy atom. The molecule has 0 radical (unpaired) electrons. The maximum absolute atomic E-state index is 14.1. The first-order chi connectivity index (χ1) is 10.9. The molecule has 0 spiro atoms. The van der Waals surface area contributed by atoms with Crippen LogP contribution >= 0.6 is 11.6 Å². The number of halogens is 2. The molecule has 1 N–H and O–H groups in total. The molecule has 23 heavy (non-hydrogen) atoms. The lowest BCUT2D eigenvalue weighted by molar-refractivity contribution is 0.0928. The zero-order valence-corrected chi connectivity index (χ0v) is 14.2. The highest BCUT2D eigenvalue weighted by Gasteiger charge is 2.29. The smallest absolute Gasteiger partial charge is 0.256 e. The minimum Gasteiger partial charge on any atom is -0.345 e. The average Bonchev–Trinajstić information content (AvgIpc) is 2.79. The Labute approximate surface area is 139 Å². The molecule has 2 aromatic rings. The summed E-state index contributed by atoms with van der Waals surface area (Å²) >= 11 is 6.13. The van der Waals surface area contributed by atoms with Gasteiger partial charge in [-0.2, -0.15) is 5.10 Å². The molecule has 0 saturated heterocycles. The van der Waals surface area contributed by atoms with Gasteiger partial charge < -0.3 is 5.32 Å². The predicted molar refractivity (Wildman–Crippen MR) is 87.2 cm³/mol. The second-order valence-electron chi connectivity index (χ2n) is 6.04. The number of nitrogens with one attached hydrogen (secondary N) is 1. The van der Waals surface area contributed by atoms with Gasteiger partial charge in [0.25, 0.3) is 5.91 Å². The first-order valence-corrected chi connectivity index (χ1v) is 8.05. The Kier molecular flexibility index (Phi) is 4.15. The largest absolute Gasteiger partial charge is 0.345 e. The van der Waals surface area contributed by atoms with Crippen LogP contribution in [0.3, 0.4) is 0 Å². The highest BCUT2D eigenvalue weighted by Crippen LogP contribution is 2.33. The van der Waals surface area contributed by atoms with Crippen LogP contribution in [-0.4, -0.2) is 15.7 Å². The lowest BCUT2D eigenvalue weighted by Crippen LogP contribution is -2.32. The number of benzene rings is 1.